The van der Waals surface area contributed by atoms with E-state index in [4.69, 9.17) is 14.2 Å². The number of ether oxygens (including phenoxy) is 3. The molecule has 0 aliphatic heterocycles. The zero-order valence-electron chi connectivity index (χ0n) is 17.0. The van der Waals surface area contributed by atoms with Crippen molar-refractivity contribution in [2.75, 3.05) is 27.4 Å². The van der Waals surface area contributed by atoms with Crippen LogP contribution in [0.3, 0.4) is 0 Å². The van der Waals surface area contributed by atoms with Crippen LogP contribution in [0.5, 0.6) is 11.5 Å². The number of methoxy groups -OCH3 is 2. The van der Waals surface area contributed by atoms with Crippen LogP contribution in [0, 0.1) is 5.82 Å². The highest BCUT2D eigenvalue weighted by Gasteiger charge is 2.17. The van der Waals surface area contributed by atoms with E-state index < -0.39 is 6.10 Å². The van der Waals surface area contributed by atoms with Crippen molar-refractivity contribution < 1.29 is 23.7 Å². The van der Waals surface area contributed by atoms with Crippen LogP contribution in [-0.4, -0.2) is 49.6 Å². The molecule has 154 valence electrons. The average Bonchev–Trinajstić information content (AvgIpc) is 2.67. The molecule has 5 nitrogen and oxygen atoms in total. The molecule has 2 aromatic carbocycles. The van der Waals surface area contributed by atoms with Gasteiger partial charge < -0.3 is 19.3 Å². The molecule has 2 rings (SSSR count). The van der Waals surface area contributed by atoms with Crippen LogP contribution in [0.25, 0.3) is 0 Å². The minimum absolute atomic E-state index is 0.0543. The predicted molar refractivity (Wildman–Crippen MR) is 107 cm³/mol. The van der Waals surface area contributed by atoms with Crippen molar-refractivity contribution in [3.05, 3.63) is 59.4 Å². The Hall–Kier alpha value is -2.15. The second-order valence-corrected chi connectivity index (χ2v) is 6.98. The highest BCUT2D eigenvalue weighted by Crippen LogP contribution is 2.31. The summed E-state index contributed by atoms with van der Waals surface area (Å²) in [6.45, 7) is 5.63. The van der Waals surface area contributed by atoms with Gasteiger partial charge in [-0.2, -0.15) is 0 Å². The third-order valence-electron chi connectivity index (χ3n) is 4.29. The Bertz CT molecular complexity index is 721. The van der Waals surface area contributed by atoms with Crippen LogP contribution in [0.1, 0.15) is 25.0 Å². The number of hydrogen-bond donors (Lipinski definition) is 1. The molecule has 0 saturated heterocycles. The maximum absolute atomic E-state index is 13.2. The first kappa shape index (κ1) is 22.1. The lowest BCUT2D eigenvalue weighted by Gasteiger charge is -2.26. The van der Waals surface area contributed by atoms with Gasteiger partial charge in [-0.3, -0.25) is 4.90 Å². The molecule has 2 aromatic rings. The van der Waals surface area contributed by atoms with Crippen molar-refractivity contribution in [3.8, 4) is 11.5 Å². The summed E-state index contributed by atoms with van der Waals surface area (Å²) in [6.07, 6.45) is -0.585. The van der Waals surface area contributed by atoms with Crippen LogP contribution >= 0.6 is 0 Å². The number of benzene rings is 2. The summed E-state index contributed by atoms with van der Waals surface area (Å²) in [5.74, 6) is 1.06. The number of nitrogens with zero attached hydrogens (tertiary/aromatic N) is 1. The zero-order valence-corrected chi connectivity index (χ0v) is 17.0. The van der Waals surface area contributed by atoms with Gasteiger partial charge in [-0.15, -0.1) is 0 Å². The molecule has 28 heavy (non-hydrogen) atoms. The van der Waals surface area contributed by atoms with Gasteiger partial charge in [-0.05, 0) is 37.6 Å². The summed E-state index contributed by atoms with van der Waals surface area (Å²) in [4.78, 5) is 2.08. The number of hydrogen-bond acceptors (Lipinski definition) is 5. The molecule has 0 aliphatic rings. The van der Waals surface area contributed by atoms with E-state index in [9.17, 15) is 9.50 Å². The molecule has 0 aromatic heterocycles. The maximum Gasteiger partial charge on any atom is 0.165 e. The highest BCUT2D eigenvalue weighted by molar-refractivity contribution is 5.46. The average molecular weight is 391 g/mol. The first-order valence-corrected chi connectivity index (χ1v) is 9.39. The van der Waals surface area contributed by atoms with Gasteiger partial charge in [0, 0.05) is 25.2 Å². The van der Waals surface area contributed by atoms with Gasteiger partial charge in [0.05, 0.1) is 33.0 Å². The summed E-state index contributed by atoms with van der Waals surface area (Å²) in [7, 11) is 3.21. The van der Waals surface area contributed by atoms with Crippen molar-refractivity contribution in [1.29, 1.82) is 0 Å². The molecular weight excluding hydrogens is 361 g/mol. The van der Waals surface area contributed by atoms with E-state index in [1.165, 1.54) is 12.1 Å². The van der Waals surface area contributed by atoms with Crippen LogP contribution in [0.2, 0.25) is 0 Å². The van der Waals surface area contributed by atoms with Gasteiger partial charge >= 0.3 is 0 Å². The Kier molecular flexibility index (Phi) is 8.70. The topological polar surface area (TPSA) is 51.2 Å². The quantitative estimate of drug-likeness (QED) is 0.634. The minimum atomic E-state index is -0.639. The van der Waals surface area contributed by atoms with Crippen molar-refractivity contribution in [2.24, 2.45) is 0 Å². The molecule has 6 heteroatoms. The summed E-state index contributed by atoms with van der Waals surface area (Å²) in [5, 5.41) is 10.4. The number of para-hydroxylation sites is 1. The van der Waals surface area contributed by atoms with E-state index in [1.54, 1.807) is 26.4 Å². The van der Waals surface area contributed by atoms with E-state index in [0.717, 1.165) is 11.1 Å². The number of rotatable bonds is 11. The van der Waals surface area contributed by atoms with Crippen LogP contribution in [-0.2, 0) is 17.8 Å². The number of halogens is 1. The lowest BCUT2D eigenvalue weighted by atomic mass is 10.1. The normalized spacial score (nSPS) is 12.4. The molecule has 0 heterocycles. The maximum atomic E-state index is 13.2. The van der Waals surface area contributed by atoms with Gasteiger partial charge in [-0.25, -0.2) is 4.39 Å². The Morgan fingerprint density at radius 3 is 2.32 bits per heavy atom. The second kappa shape index (κ2) is 11.0. The Labute approximate surface area is 166 Å². The Balaban J connectivity index is 2.18. The third-order valence-corrected chi connectivity index (χ3v) is 4.29. The summed E-state index contributed by atoms with van der Waals surface area (Å²) >= 11 is 0. The van der Waals surface area contributed by atoms with Gasteiger partial charge in [0.1, 0.15) is 5.82 Å². The molecule has 0 radical (unpaired) electrons. The minimum Gasteiger partial charge on any atom is -0.493 e. The molecule has 1 atom stereocenters. The van der Waals surface area contributed by atoms with Crippen LogP contribution in [0.15, 0.2) is 42.5 Å². The standard InChI is InChI=1S/C22H30FNO4/c1-16(2)28-15-20(25)14-24(12-17-8-10-19(23)11-9-17)13-18-6-5-7-21(26-3)22(18)27-4/h5-11,16,20,25H,12-15H2,1-4H3/t20-/m0/s1. The molecule has 0 saturated carbocycles. The lowest BCUT2D eigenvalue weighted by Crippen LogP contribution is -2.35. The van der Waals surface area contributed by atoms with Crippen LogP contribution in [0.4, 0.5) is 4.39 Å². The molecule has 1 N–H and O–H groups in total. The third kappa shape index (κ3) is 6.78. The molecule has 0 spiro atoms. The van der Waals surface area contributed by atoms with Gasteiger partial charge in [0.25, 0.3) is 0 Å². The summed E-state index contributed by atoms with van der Waals surface area (Å²) in [6, 6.07) is 12.1. The van der Waals surface area contributed by atoms with E-state index in [1.807, 2.05) is 32.0 Å². The number of aliphatic hydroxyl groups is 1. The second-order valence-electron chi connectivity index (χ2n) is 6.98. The van der Waals surface area contributed by atoms with Gasteiger partial charge in [0.2, 0.25) is 0 Å². The monoisotopic (exact) mass is 391 g/mol. The molecule has 0 aliphatic carbocycles. The van der Waals surface area contributed by atoms with Crippen molar-refractivity contribution in [2.45, 2.75) is 39.1 Å². The smallest absolute Gasteiger partial charge is 0.165 e. The molecule has 0 amide bonds. The van der Waals surface area contributed by atoms with Gasteiger partial charge in [0.15, 0.2) is 11.5 Å². The van der Waals surface area contributed by atoms with E-state index in [0.29, 0.717) is 31.1 Å². The molecular formula is C22H30FNO4. The predicted octanol–water partition coefficient (Wildman–Crippen LogP) is 3.63. The Morgan fingerprint density at radius 2 is 1.71 bits per heavy atom. The van der Waals surface area contributed by atoms with Crippen LogP contribution < -0.4 is 9.47 Å². The zero-order chi connectivity index (χ0) is 20.5. The largest absolute Gasteiger partial charge is 0.493 e. The van der Waals surface area contributed by atoms with E-state index >= 15 is 0 Å². The molecule has 0 unspecified atom stereocenters. The summed E-state index contributed by atoms with van der Waals surface area (Å²) < 4.78 is 29.7. The van der Waals surface area contributed by atoms with Crippen molar-refractivity contribution >= 4 is 0 Å². The molecule has 0 bridgehead atoms. The van der Waals surface area contributed by atoms with E-state index in [2.05, 4.69) is 4.90 Å². The first-order chi connectivity index (χ1) is 13.4. The van der Waals surface area contributed by atoms with E-state index in [-0.39, 0.29) is 18.5 Å². The molecule has 0 fully saturated rings. The number of aliphatic hydroxyl groups excluding tert-OH is 1. The van der Waals surface area contributed by atoms with Crippen molar-refractivity contribution in [1.82, 2.24) is 4.90 Å². The first-order valence-electron chi connectivity index (χ1n) is 9.39. The fourth-order valence-electron chi connectivity index (χ4n) is 3.01. The Morgan fingerprint density at radius 1 is 1.00 bits per heavy atom. The fraction of sp³-hybridized carbons (Fsp3) is 0.455. The van der Waals surface area contributed by atoms with Crippen molar-refractivity contribution in [3.63, 3.8) is 0 Å². The van der Waals surface area contributed by atoms with Gasteiger partial charge in [-0.1, -0.05) is 24.3 Å². The summed E-state index contributed by atoms with van der Waals surface area (Å²) in [5.41, 5.74) is 1.90. The lowest BCUT2D eigenvalue weighted by molar-refractivity contribution is -0.0107. The SMILES string of the molecule is COc1cccc(CN(Cc2ccc(F)cc2)C[C@H](O)COC(C)C)c1OC. The highest BCUT2D eigenvalue weighted by atomic mass is 19.1. The fourth-order valence-corrected chi connectivity index (χ4v) is 3.01.